The predicted molar refractivity (Wildman–Crippen MR) is 95.0 cm³/mol. The van der Waals surface area contributed by atoms with Crippen LogP contribution in [-0.4, -0.2) is 53.7 Å². The molecule has 8 nitrogen and oxygen atoms in total. The van der Waals surface area contributed by atoms with E-state index in [1.165, 1.54) is 6.42 Å². The molecule has 1 fully saturated rings. The SMILES string of the molecule is Cc1c(C(=O)NCCC2CCNC2)nnn1-c1ccc2c(c1)OCCO2. The van der Waals surface area contributed by atoms with Gasteiger partial charge in [-0.25, -0.2) is 4.68 Å². The first-order chi connectivity index (χ1) is 12.7. The second kappa shape index (κ2) is 7.33. The molecule has 0 saturated carbocycles. The first kappa shape index (κ1) is 16.8. The molecule has 0 bridgehead atoms. The lowest BCUT2D eigenvalue weighted by molar-refractivity contribution is 0.0946. The summed E-state index contributed by atoms with van der Waals surface area (Å²) in [6, 6.07) is 5.58. The van der Waals surface area contributed by atoms with Crippen LogP contribution in [0.3, 0.4) is 0 Å². The summed E-state index contributed by atoms with van der Waals surface area (Å²) in [5, 5.41) is 14.5. The van der Waals surface area contributed by atoms with Crippen molar-refractivity contribution in [2.75, 3.05) is 32.8 Å². The molecular formula is C18H23N5O3. The van der Waals surface area contributed by atoms with Crippen molar-refractivity contribution in [3.8, 4) is 17.2 Å². The van der Waals surface area contributed by atoms with Crippen LogP contribution >= 0.6 is 0 Å². The van der Waals surface area contributed by atoms with Crippen molar-refractivity contribution >= 4 is 5.91 Å². The van der Waals surface area contributed by atoms with Gasteiger partial charge < -0.3 is 20.1 Å². The molecule has 1 aromatic carbocycles. The number of fused-ring (bicyclic) bond motifs is 1. The van der Waals surface area contributed by atoms with E-state index in [2.05, 4.69) is 20.9 Å². The number of rotatable bonds is 5. The number of carbonyl (C=O) groups excluding carboxylic acids is 1. The number of carbonyl (C=O) groups is 1. The highest BCUT2D eigenvalue weighted by Gasteiger charge is 2.20. The van der Waals surface area contributed by atoms with Gasteiger partial charge >= 0.3 is 0 Å². The molecule has 1 saturated heterocycles. The molecule has 0 radical (unpaired) electrons. The van der Waals surface area contributed by atoms with E-state index in [-0.39, 0.29) is 5.91 Å². The molecule has 2 N–H and O–H groups in total. The van der Waals surface area contributed by atoms with Crippen molar-refractivity contribution in [1.29, 1.82) is 0 Å². The number of nitrogens with zero attached hydrogens (tertiary/aromatic N) is 3. The lowest BCUT2D eigenvalue weighted by atomic mass is 10.1. The smallest absolute Gasteiger partial charge is 0.273 e. The maximum absolute atomic E-state index is 12.4. The minimum absolute atomic E-state index is 0.183. The third-order valence-corrected chi connectivity index (χ3v) is 4.88. The van der Waals surface area contributed by atoms with Crippen molar-refractivity contribution in [2.45, 2.75) is 19.8 Å². The van der Waals surface area contributed by atoms with Crippen molar-refractivity contribution in [3.63, 3.8) is 0 Å². The Hall–Kier alpha value is -2.61. The zero-order valence-electron chi connectivity index (χ0n) is 14.8. The van der Waals surface area contributed by atoms with Gasteiger partial charge in [0.2, 0.25) is 0 Å². The highest BCUT2D eigenvalue weighted by Crippen LogP contribution is 2.32. The summed E-state index contributed by atoms with van der Waals surface area (Å²) in [6.07, 6.45) is 2.16. The molecule has 8 heteroatoms. The number of benzene rings is 1. The summed E-state index contributed by atoms with van der Waals surface area (Å²) in [6.45, 7) is 5.68. The van der Waals surface area contributed by atoms with Crippen LogP contribution in [0.5, 0.6) is 11.5 Å². The zero-order chi connectivity index (χ0) is 17.9. The zero-order valence-corrected chi connectivity index (χ0v) is 14.8. The average molecular weight is 357 g/mol. The van der Waals surface area contributed by atoms with Crippen LogP contribution in [0.25, 0.3) is 5.69 Å². The summed E-state index contributed by atoms with van der Waals surface area (Å²) in [5.41, 5.74) is 1.83. The Balaban J connectivity index is 1.44. The third-order valence-electron chi connectivity index (χ3n) is 4.88. The molecule has 2 aromatic rings. The largest absolute Gasteiger partial charge is 0.486 e. The van der Waals surface area contributed by atoms with E-state index in [4.69, 9.17) is 9.47 Å². The van der Waals surface area contributed by atoms with Gasteiger partial charge in [0.1, 0.15) is 13.2 Å². The predicted octanol–water partition coefficient (Wildman–Crippen LogP) is 1.08. The molecule has 138 valence electrons. The van der Waals surface area contributed by atoms with Gasteiger partial charge in [-0.15, -0.1) is 5.10 Å². The van der Waals surface area contributed by atoms with Crippen LogP contribution in [0.1, 0.15) is 29.0 Å². The highest BCUT2D eigenvalue weighted by molar-refractivity contribution is 5.93. The fourth-order valence-electron chi connectivity index (χ4n) is 3.38. The summed E-state index contributed by atoms with van der Waals surface area (Å²) >= 11 is 0. The number of nitrogens with one attached hydrogen (secondary N) is 2. The lowest BCUT2D eigenvalue weighted by Gasteiger charge is -2.18. The van der Waals surface area contributed by atoms with Crippen LogP contribution in [0.2, 0.25) is 0 Å². The van der Waals surface area contributed by atoms with E-state index < -0.39 is 0 Å². The number of hydrogen-bond acceptors (Lipinski definition) is 6. The Labute approximate surface area is 151 Å². The summed E-state index contributed by atoms with van der Waals surface area (Å²) in [5.74, 6) is 1.86. The average Bonchev–Trinajstić information content (AvgIpc) is 3.31. The first-order valence-corrected chi connectivity index (χ1v) is 9.03. The fraction of sp³-hybridized carbons (Fsp3) is 0.500. The number of amides is 1. The molecule has 3 heterocycles. The first-order valence-electron chi connectivity index (χ1n) is 9.03. The lowest BCUT2D eigenvalue weighted by Crippen LogP contribution is -2.27. The van der Waals surface area contributed by atoms with Gasteiger partial charge in [0.25, 0.3) is 5.91 Å². The molecule has 1 amide bonds. The maximum Gasteiger partial charge on any atom is 0.273 e. The molecule has 1 atom stereocenters. The molecule has 4 rings (SSSR count). The summed E-state index contributed by atoms with van der Waals surface area (Å²) in [7, 11) is 0. The normalized spacial score (nSPS) is 18.7. The van der Waals surface area contributed by atoms with Gasteiger partial charge in [-0.1, -0.05) is 5.21 Å². The van der Waals surface area contributed by atoms with E-state index in [9.17, 15) is 4.79 Å². The van der Waals surface area contributed by atoms with E-state index in [0.29, 0.717) is 42.8 Å². The second-order valence-electron chi connectivity index (χ2n) is 6.67. The Morgan fingerprint density at radius 2 is 2.19 bits per heavy atom. The molecule has 0 spiro atoms. The van der Waals surface area contributed by atoms with E-state index >= 15 is 0 Å². The maximum atomic E-state index is 12.4. The summed E-state index contributed by atoms with van der Waals surface area (Å²) in [4.78, 5) is 12.4. The Bertz CT molecular complexity index is 798. The molecular weight excluding hydrogens is 334 g/mol. The topological polar surface area (TPSA) is 90.3 Å². The van der Waals surface area contributed by atoms with Crippen LogP contribution in [0.15, 0.2) is 18.2 Å². The van der Waals surface area contributed by atoms with Gasteiger partial charge in [-0.3, -0.25) is 4.79 Å². The Morgan fingerprint density at radius 3 is 3.00 bits per heavy atom. The highest BCUT2D eigenvalue weighted by atomic mass is 16.6. The van der Waals surface area contributed by atoms with E-state index in [0.717, 1.165) is 30.9 Å². The van der Waals surface area contributed by atoms with Gasteiger partial charge in [0.15, 0.2) is 17.2 Å². The standard InChI is InChI=1S/C18H23N5O3/c1-12-17(18(24)20-7-5-13-4-6-19-11-13)21-22-23(12)14-2-3-15-16(10-14)26-9-8-25-15/h2-3,10,13,19H,4-9,11H2,1H3,(H,20,24). The minimum atomic E-state index is -0.183. The fourth-order valence-corrected chi connectivity index (χ4v) is 3.38. The van der Waals surface area contributed by atoms with Crippen LogP contribution in [0, 0.1) is 12.8 Å². The van der Waals surface area contributed by atoms with Gasteiger partial charge in [-0.05, 0) is 50.9 Å². The van der Waals surface area contributed by atoms with Crippen molar-refractivity contribution in [2.24, 2.45) is 5.92 Å². The summed E-state index contributed by atoms with van der Waals surface area (Å²) < 4.78 is 12.8. The number of aromatic nitrogens is 3. The molecule has 2 aliphatic heterocycles. The number of ether oxygens (including phenoxy) is 2. The van der Waals surface area contributed by atoms with Crippen LogP contribution < -0.4 is 20.1 Å². The minimum Gasteiger partial charge on any atom is -0.486 e. The molecule has 0 aliphatic carbocycles. The van der Waals surface area contributed by atoms with Crippen LogP contribution in [-0.2, 0) is 0 Å². The number of hydrogen-bond donors (Lipinski definition) is 2. The van der Waals surface area contributed by atoms with Gasteiger partial charge in [0, 0.05) is 12.6 Å². The van der Waals surface area contributed by atoms with E-state index in [1.807, 2.05) is 25.1 Å². The molecule has 1 unspecified atom stereocenters. The molecule has 26 heavy (non-hydrogen) atoms. The molecule has 1 aromatic heterocycles. The Morgan fingerprint density at radius 1 is 1.35 bits per heavy atom. The Kier molecular flexibility index (Phi) is 4.75. The second-order valence-corrected chi connectivity index (χ2v) is 6.67. The van der Waals surface area contributed by atoms with Crippen molar-refractivity contribution in [1.82, 2.24) is 25.6 Å². The monoisotopic (exact) mass is 357 g/mol. The van der Waals surface area contributed by atoms with E-state index in [1.54, 1.807) is 4.68 Å². The quantitative estimate of drug-likeness (QED) is 0.832. The molecule has 2 aliphatic rings. The van der Waals surface area contributed by atoms with Crippen molar-refractivity contribution in [3.05, 3.63) is 29.6 Å². The van der Waals surface area contributed by atoms with Crippen LogP contribution in [0.4, 0.5) is 0 Å². The van der Waals surface area contributed by atoms with Gasteiger partial charge in [-0.2, -0.15) is 0 Å². The van der Waals surface area contributed by atoms with Crippen molar-refractivity contribution < 1.29 is 14.3 Å². The third kappa shape index (κ3) is 3.37. The van der Waals surface area contributed by atoms with Gasteiger partial charge in [0.05, 0.1) is 11.4 Å².